The summed E-state index contributed by atoms with van der Waals surface area (Å²) in [4.78, 5) is 12.0. The molecule has 0 heterocycles. The summed E-state index contributed by atoms with van der Waals surface area (Å²) >= 11 is 0. The summed E-state index contributed by atoms with van der Waals surface area (Å²) in [7, 11) is 0. The van der Waals surface area contributed by atoms with Crippen LogP contribution in [0, 0.1) is 5.92 Å². The van der Waals surface area contributed by atoms with E-state index < -0.39 is 17.1 Å². The molecule has 1 rings (SSSR count). The van der Waals surface area contributed by atoms with Crippen LogP contribution in [0.5, 0.6) is 0 Å². The summed E-state index contributed by atoms with van der Waals surface area (Å²) in [5.41, 5.74) is -1.55. The van der Waals surface area contributed by atoms with Crippen molar-refractivity contribution in [2.24, 2.45) is 5.92 Å². The van der Waals surface area contributed by atoms with Crippen LogP contribution in [0.2, 0.25) is 0 Å². The van der Waals surface area contributed by atoms with Crippen molar-refractivity contribution in [2.45, 2.75) is 64.6 Å². The zero-order valence-electron chi connectivity index (χ0n) is 11.3. The Hall–Kier alpha value is -0.830. The van der Waals surface area contributed by atoms with Crippen molar-refractivity contribution in [3.63, 3.8) is 0 Å². The number of esters is 1. The summed E-state index contributed by atoms with van der Waals surface area (Å²) in [5.74, 6) is -0.845. The van der Waals surface area contributed by atoms with E-state index in [4.69, 9.17) is 4.74 Å². The van der Waals surface area contributed by atoms with Gasteiger partial charge in [0.15, 0.2) is 0 Å². The van der Waals surface area contributed by atoms with Gasteiger partial charge in [0, 0.05) is 0 Å². The van der Waals surface area contributed by atoms with Gasteiger partial charge in [-0.2, -0.15) is 0 Å². The summed E-state index contributed by atoms with van der Waals surface area (Å²) in [6.45, 7) is 7.25. The molecule has 17 heavy (non-hydrogen) atoms. The zero-order valence-corrected chi connectivity index (χ0v) is 11.3. The van der Waals surface area contributed by atoms with Gasteiger partial charge >= 0.3 is 5.97 Å². The van der Waals surface area contributed by atoms with E-state index in [2.05, 4.69) is 0 Å². The van der Waals surface area contributed by atoms with E-state index in [0.717, 1.165) is 19.3 Å². The third-order valence-corrected chi connectivity index (χ3v) is 3.11. The lowest BCUT2D eigenvalue weighted by Gasteiger charge is -2.31. The monoisotopic (exact) mass is 240 g/mol. The van der Waals surface area contributed by atoms with Crippen LogP contribution >= 0.6 is 0 Å². The third kappa shape index (κ3) is 4.15. The second kappa shape index (κ2) is 5.21. The highest BCUT2D eigenvalue weighted by atomic mass is 16.6. The number of hydrogen-bond donors (Lipinski definition) is 1. The minimum absolute atomic E-state index is 0.327. The molecule has 0 aromatic rings. The van der Waals surface area contributed by atoms with E-state index >= 15 is 0 Å². The molecule has 0 bridgehead atoms. The van der Waals surface area contributed by atoms with Gasteiger partial charge in [0.05, 0.1) is 11.5 Å². The fourth-order valence-electron chi connectivity index (χ4n) is 2.00. The molecule has 0 radical (unpaired) electrons. The van der Waals surface area contributed by atoms with Crippen molar-refractivity contribution < 1.29 is 14.6 Å². The Morgan fingerprint density at radius 2 is 2.06 bits per heavy atom. The van der Waals surface area contributed by atoms with Gasteiger partial charge < -0.3 is 9.84 Å². The molecular weight excluding hydrogens is 216 g/mol. The molecule has 3 heteroatoms. The Balaban J connectivity index is 2.73. The van der Waals surface area contributed by atoms with Gasteiger partial charge in [0.1, 0.15) is 5.60 Å². The largest absolute Gasteiger partial charge is 0.460 e. The Bertz CT molecular complexity index is 301. The molecule has 0 amide bonds. The number of carbonyl (C=O) groups is 1. The Labute approximate surface area is 104 Å². The molecule has 0 fully saturated rings. The Morgan fingerprint density at radius 1 is 1.41 bits per heavy atom. The van der Waals surface area contributed by atoms with Gasteiger partial charge in [-0.15, -0.1) is 0 Å². The molecule has 3 nitrogen and oxygen atoms in total. The van der Waals surface area contributed by atoms with Crippen LogP contribution in [0.4, 0.5) is 0 Å². The number of allylic oxidation sites excluding steroid dienone is 1. The smallest absolute Gasteiger partial charge is 0.312 e. The molecule has 2 unspecified atom stereocenters. The van der Waals surface area contributed by atoms with Crippen LogP contribution in [0.15, 0.2) is 12.2 Å². The van der Waals surface area contributed by atoms with Crippen LogP contribution < -0.4 is 0 Å². The van der Waals surface area contributed by atoms with Crippen molar-refractivity contribution >= 4 is 5.97 Å². The second-order valence-corrected chi connectivity index (χ2v) is 5.89. The number of ether oxygens (including phenoxy) is 1. The van der Waals surface area contributed by atoms with Gasteiger partial charge in [-0.3, -0.25) is 4.79 Å². The fourth-order valence-corrected chi connectivity index (χ4v) is 2.00. The Morgan fingerprint density at radius 3 is 2.65 bits per heavy atom. The van der Waals surface area contributed by atoms with Crippen LogP contribution in [0.25, 0.3) is 0 Å². The average Bonchev–Trinajstić information content (AvgIpc) is 2.40. The summed E-state index contributed by atoms with van der Waals surface area (Å²) < 4.78 is 5.33. The lowest BCUT2D eigenvalue weighted by Crippen LogP contribution is -2.41. The highest BCUT2D eigenvalue weighted by molar-refractivity contribution is 5.74. The lowest BCUT2D eigenvalue weighted by molar-refractivity contribution is -0.166. The summed E-state index contributed by atoms with van der Waals surface area (Å²) in [5, 5.41) is 10.5. The lowest BCUT2D eigenvalue weighted by atomic mass is 9.85. The van der Waals surface area contributed by atoms with Gasteiger partial charge in [0.25, 0.3) is 0 Å². The van der Waals surface area contributed by atoms with Crippen molar-refractivity contribution in [1.82, 2.24) is 0 Å². The standard InChI is InChI=1S/C14H24O3/c1-11(12(15)17-13(2,3)4)14(16)9-7-5-6-8-10-14/h7,9,11,16H,5-6,8,10H2,1-4H3. The van der Waals surface area contributed by atoms with E-state index in [9.17, 15) is 9.90 Å². The van der Waals surface area contributed by atoms with Crippen molar-refractivity contribution in [2.75, 3.05) is 0 Å². The molecule has 0 aromatic heterocycles. The first-order chi connectivity index (χ1) is 7.75. The maximum Gasteiger partial charge on any atom is 0.312 e. The van der Waals surface area contributed by atoms with Gasteiger partial charge in [0.2, 0.25) is 0 Å². The first-order valence-electron chi connectivity index (χ1n) is 6.37. The molecule has 1 aliphatic carbocycles. The SMILES string of the molecule is CC(C(=O)OC(C)(C)C)C1(O)C=CCCCC1. The van der Waals surface area contributed by atoms with Crippen molar-refractivity contribution in [3.8, 4) is 0 Å². The average molecular weight is 240 g/mol. The molecule has 0 saturated carbocycles. The predicted octanol–water partition coefficient (Wildman–Crippen LogP) is 2.83. The second-order valence-electron chi connectivity index (χ2n) is 5.89. The summed E-state index contributed by atoms with van der Waals surface area (Å²) in [6.07, 6.45) is 7.35. The number of hydrogen-bond acceptors (Lipinski definition) is 3. The molecule has 0 saturated heterocycles. The molecule has 0 spiro atoms. The number of rotatable bonds is 2. The Kier molecular flexibility index (Phi) is 4.36. The first kappa shape index (κ1) is 14.2. The van der Waals surface area contributed by atoms with E-state index in [0.29, 0.717) is 6.42 Å². The van der Waals surface area contributed by atoms with E-state index in [1.807, 2.05) is 26.8 Å². The molecule has 1 N–H and O–H groups in total. The van der Waals surface area contributed by atoms with Crippen LogP contribution in [-0.2, 0) is 9.53 Å². The predicted molar refractivity (Wildman–Crippen MR) is 67.6 cm³/mol. The highest BCUT2D eigenvalue weighted by Crippen LogP contribution is 2.30. The normalized spacial score (nSPS) is 27.4. The van der Waals surface area contributed by atoms with Gasteiger partial charge in [-0.05, 0) is 53.4 Å². The van der Waals surface area contributed by atoms with Gasteiger partial charge in [-0.25, -0.2) is 0 Å². The van der Waals surface area contributed by atoms with E-state index in [-0.39, 0.29) is 5.97 Å². The van der Waals surface area contributed by atoms with Crippen LogP contribution in [0.1, 0.15) is 53.4 Å². The maximum atomic E-state index is 12.0. The minimum Gasteiger partial charge on any atom is -0.460 e. The van der Waals surface area contributed by atoms with Gasteiger partial charge in [-0.1, -0.05) is 12.2 Å². The number of carbonyl (C=O) groups excluding carboxylic acids is 1. The first-order valence-corrected chi connectivity index (χ1v) is 6.37. The summed E-state index contributed by atoms with van der Waals surface area (Å²) in [6, 6.07) is 0. The quantitative estimate of drug-likeness (QED) is 0.596. The van der Waals surface area contributed by atoms with Crippen molar-refractivity contribution in [1.29, 1.82) is 0 Å². The number of aliphatic hydroxyl groups is 1. The molecule has 0 aromatic carbocycles. The maximum absolute atomic E-state index is 12.0. The van der Waals surface area contributed by atoms with E-state index in [1.165, 1.54) is 0 Å². The van der Waals surface area contributed by atoms with E-state index in [1.54, 1.807) is 13.0 Å². The molecule has 1 aliphatic rings. The fraction of sp³-hybridized carbons (Fsp3) is 0.786. The topological polar surface area (TPSA) is 46.5 Å². The van der Waals surface area contributed by atoms with Crippen molar-refractivity contribution in [3.05, 3.63) is 12.2 Å². The molecule has 98 valence electrons. The minimum atomic E-state index is -1.04. The van der Waals surface area contributed by atoms with Crippen LogP contribution in [0.3, 0.4) is 0 Å². The zero-order chi connectivity index (χ0) is 13.1. The molecule has 0 aliphatic heterocycles. The molecular formula is C14H24O3. The molecule has 2 atom stereocenters. The third-order valence-electron chi connectivity index (χ3n) is 3.11. The van der Waals surface area contributed by atoms with Crippen LogP contribution in [-0.4, -0.2) is 22.3 Å². The highest BCUT2D eigenvalue weighted by Gasteiger charge is 2.38.